The first-order chi connectivity index (χ1) is 11.5. The highest BCUT2D eigenvalue weighted by molar-refractivity contribution is 5.82. The van der Waals surface area contributed by atoms with Gasteiger partial charge in [-0.2, -0.15) is 0 Å². The van der Waals surface area contributed by atoms with Crippen molar-refractivity contribution >= 4 is 16.9 Å². The van der Waals surface area contributed by atoms with Gasteiger partial charge in [-0.25, -0.2) is 14.4 Å². The molecule has 0 aliphatic carbocycles. The number of ether oxygens (including phenoxy) is 1. The van der Waals surface area contributed by atoms with Crippen molar-refractivity contribution in [2.24, 2.45) is 5.92 Å². The van der Waals surface area contributed by atoms with Crippen molar-refractivity contribution in [3.63, 3.8) is 0 Å². The molecule has 2 aromatic heterocycles. The normalized spacial score (nSPS) is 12.3. The van der Waals surface area contributed by atoms with Gasteiger partial charge in [-0.3, -0.25) is 4.79 Å². The summed E-state index contributed by atoms with van der Waals surface area (Å²) in [6.45, 7) is 3.46. The van der Waals surface area contributed by atoms with Crippen LogP contribution in [0.4, 0.5) is 4.39 Å². The highest BCUT2D eigenvalue weighted by Gasteiger charge is 2.16. The van der Waals surface area contributed by atoms with Gasteiger partial charge in [-0.1, -0.05) is 6.92 Å². The molecule has 3 aromatic rings. The quantitative estimate of drug-likeness (QED) is 0.778. The largest absolute Gasteiger partial charge is 0.496 e. The number of ketones is 1. The van der Waals surface area contributed by atoms with E-state index in [1.165, 1.54) is 19.2 Å². The minimum Gasteiger partial charge on any atom is -0.496 e. The maximum absolute atomic E-state index is 13.6. The molecule has 6 heteroatoms. The third-order valence-electron chi connectivity index (χ3n) is 4.12. The first-order valence-corrected chi connectivity index (χ1v) is 7.67. The zero-order chi connectivity index (χ0) is 17.3. The lowest BCUT2D eigenvalue weighted by molar-refractivity contribution is -0.120. The molecule has 0 bridgehead atoms. The number of hydrogen-bond donors (Lipinski definition) is 1. The van der Waals surface area contributed by atoms with Gasteiger partial charge in [-0.15, -0.1) is 0 Å². The zero-order valence-electron chi connectivity index (χ0n) is 13.8. The Bertz CT molecular complexity index is 904. The standard InChI is InChI=1S/C18H18FN3O2/c1-10(11(2)23)6-12-8-20-18-17(12)22-15(9-21-18)14-7-13(19)4-5-16(14)24-3/h4-5,7-10H,6H2,1-3H3,(H,20,21). The van der Waals surface area contributed by atoms with Crippen LogP contribution in [0.25, 0.3) is 22.4 Å². The number of carbonyl (C=O) groups excluding carboxylic acids is 1. The van der Waals surface area contributed by atoms with Gasteiger partial charge in [0.05, 0.1) is 19.0 Å². The Morgan fingerprint density at radius 2 is 2.21 bits per heavy atom. The summed E-state index contributed by atoms with van der Waals surface area (Å²) in [6, 6.07) is 4.27. The molecule has 0 fully saturated rings. The van der Waals surface area contributed by atoms with E-state index in [1.807, 2.05) is 13.1 Å². The smallest absolute Gasteiger partial charge is 0.156 e. The Kier molecular flexibility index (Phi) is 4.29. The summed E-state index contributed by atoms with van der Waals surface area (Å²) in [6.07, 6.45) is 3.97. The second-order valence-corrected chi connectivity index (χ2v) is 5.83. The van der Waals surface area contributed by atoms with E-state index in [4.69, 9.17) is 4.74 Å². The molecule has 1 unspecified atom stereocenters. The lowest BCUT2D eigenvalue weighted by Gasteiger charge is -2.09. The second kappa shape index (κ2) is 6.39. The fourth-order valence-corrected chi connectivity index (χ4v) is 2.58. The van der Waals surface area contributed by atoms with Gasteiger partial charge in [0.1, 0.15) is 22.9 Å². The van der Waals surface area contributed by atoms with Gasteiger partial charge in [0.25, 0.3) is 0 Å². The molecule has 0 aliphatic heterocycles. The van der Waals surface area contributed by atoms with Crippen LogP contribution in [0.15, 0.2) is 30.6 Å². The molecular formula is C18H18FN3O2. The highest BCUT2D eigenvalue weighted by atomic mass is 19.1. The summed E-state index contributed by atoms with van der Waals surface area (Å²) in [7, 11) is 1.53. The second-order valence-electron chi connectivity index (χ2n) is 5.83. The van der Waals surface area contributed by atoms with Crippen molar-refractivity contribution in [2.75, 3.05) is 7.11 Å². The highest BCUT2D eigenvalue weighted by Crippen LogP contribution is 2.30. The van der Waals surface area contributed by atoms with E-state index in [2.05, 4.69) is 15.0 Å². The van der Waals surface area contributed by atoms with Crippen LogP contribution >= 0.6 is 0 Å². The van der Waals surface area contributed by atoms with Crippen LogP contribution in [0.1, 0.15) is 19.4 Å². The maximum Gasteiger partial charge on any atom is 0.156 e. The minimum atomic E-state index is -0.368. The Morgan fingerprint density at radius 1 is 1.42 bits per heavy atom. The number of fused-ring (bicyclic) bond motifs is 1. The molecule has 1 N–H and O–H groups in total. The van der Waals surface area contributed by atoms with Crippen LogP contribution in [0.2, 0.25) is 0 Å². The Morgan fingerprint density at radius 3 is 2.92 bits per heavy atom. The number of Topliss-reactive ketones (excluding diaryl/α,β-unsaturated/α-hetero) is 1. The lowest BCUT2D eigenvalue weighted by atomic mass is 9.99. The Labute approximate surface area is 138 Å². The molecule has 1 aromatic carbocycles. The molecule has 24 heavy (non-hydrogen) atoms. The number of hydrogen-bond acceptors (Lipinski definition) is 4. The van der Waals surface area contributed by atoms with Crippen molar-refractivity contribution in [3.05, 3.63) is 42.0 Å². The van der Waals surface area contributed by atoms with Crippen molar-refractivity contribution in [1.82, 2.24) is 15.0 Å². The zero-order valence-corrected chi connectivity index (χ0v) is 13.8. The molecule has 0 aliphatic rings. The van der Waals surface area contributed by atoms with Crippen LogP contribution < -0.4 is 4.74 Å². The topological polar surface area (TPSA) is 67.9 Å². The van der Waals surface area contributed by atoms with E-state index in [0.717, 1.165) is 5.56 Å². The first kappa shape index (κ1) is 16.1. The number of carbonyl (C=O) groups is 1. The van der Waals surface area contributed by atoms with Crippen molar-refractivity contribution in [2.45, 2.75) is 20.3 Å². The number of nitrogens with one attached hydrogen (secondary N) is 1. The molecule has 0 radical (unpaired) electrons. The SMILES string of the molecule is COc1ccc(F)cc1-c1cnc2[nH]cc(CC(C)C(C)=O)c2n1. The number of aromatic amines is 1. The number of halogens is 1. The minimum absolute atomic E-state index is 0.0989. The monoisotopic (exact) mass is 327 g/mol. The fraction of sp³-hybridized carbons (Fsp3) is 0.278. The average Bonchev–Trinajstić information content (AvgIpc) is 2.97. The number of nitrogens with zero attached hydrogens (tertiary/aromatic N) is 2. The summed E-state index contributed by atoms with van der Waals surface area (Å²) in [5.74, 6) is 0.185. The number of benzene rings is 1. The van der Waals surface area contributed by atoms with Gasteiger partial charge in [0, 0.05) is 17.7 Å². The number of methoxy groups -OCH3 is 1. The molecule has 2 heterocycles. The first-order valence-electron chi connectivity index (χ1n) is 7.67. The van der Waals surface area contributed by atoms with E-state index in [-0.39, 0.29) is 17.5 Å². The van der Waals surface area contributed by atoms with E-state index in [9.17, 15) is 9.18 Å². The molecule has 5 nitrogen and oxygen atoms in total. The van der Waals surface area contributed by atoms with E-state index in [1.54, 1.807) is 19.2 Å². The number of H-pyrrole nitrogens is 1. The summed E-state index contributed by atoms with van der Waals surface area (Å²) >= 11 is 0. The van der Waals surface area contributed by atoms with Crippen molar-refractivity contribution in [1.29, 1.82) is 0 Å². The fourth-order valence-electron chi connectivity index (χ4n) is 2.58. The molecule has 0 spiro atoms. The van der Waals surface area contributed by atoms with Crippen LogP contribution in [-0.2, 0) is 11.2 Å². The molecule has 3 rings (SSSR count). The van der Waals surface area contributed by atoms with Gasteiger partial charge in [-0.05, 0) is 37.1 Å². The third-order valence-corrected chi connectivity index (χ3v) is 4.12. The lowest BCUT2D eigenvalue weighted by Crippen LogP contribution is -2.09. The third kappa shape index (κ3) is 2.99. The van der Waals surface area contributed by atoms with E-state index >= 15 is 0 Å². The summed E-state index contributed by atoms with van der Waals surface area (Å²) in [5.41, 5.74) is 3.30. The predicted molar refractivity (Wildman–Crippen MR) is 89.4 cm³/mol. The summed E-state index contributed by atoms with van der Waals surface area (Å²) in [5, 5.41) is 0. The van der Waals surface area contributed by atoms with Crippen molar-refractivity contribution < 1.29 is 13.9 Å². The van der Waals surface area contributed by atoms with Crippen LogP contribution in [-0.4, -0.2) is 27.8 Å². The van der Waals surface area contributed by atoms with Gasteiger partial charge < -0.3 is 9.72 Å². The predicted octanol–water partition coefficient (Wildman–Crippen LogP) is 3.54. The summed E-state index contributed by atoms with van der Waals surface area (Å²) in [4.78, 5) is 23.5. The Hall–Kier alpha value is -2.76. The van der Waals surface area contributed by atoms with Gasteiger partial charge in [0.15, 0.2) is 5.65 Å². The van der Waals surface area contributed by atoms with Gasteiger partial charge >= 0.3 is 0 Å². The molecule has 0 saturated heterocycles. The maximum atomic E-state index is 13.6. The van der Waals surface area contributed by atoms with E-state index in [0.29, 0.717) is 34.6 Å². The van der Waals surface area contributed by atoms with Crippen molar-refractivity contribution in [3.8, 4) is 17.0 Å². The molecule has 0 amide bonds. The van der Waals surface area contributed by atoms with Gasteiger partial charge in [0.2, 0.25) is 0 Å². The molecular weight excluding hydrogens is 309 g/mol. The Balaban J connectivity index is 2.08. The van der Waals surface area contributed by atoms with Crippen LogP contribution in [0.5, 0.6) is 5.75 Å². The molecule has 124 valence electrons. The average molecular weight is 327 g/mol. The number of rotatable bonds is 5. The van der Waals surface area contributed by atoms with Crippen LogP contribution in [0, 0.1) is 11.7 Å². The van der Waals surface area contributed by atoms with E-state index < -0.39 is 0 Å². The molecule has 0 saturated carbocycles. The molecule has 1 atom stereocenters. The van der Waals surface area contributed by atoms with Crippen LogP contribution in [0.3, 0.4) is 0 Å². The number of aromatic nitrogens is 3. The summed E-state index contributed by atoms with van der Waals surface area (Å²) < 4.78 is 18.9.